The van der Waals surface area contributed by atoms with E-state index in [0.717, 1.165) is 0 Å². The van der Waals surface area contributed by atoms with Crippen LogP contribution in [0.5, 0.6) is 0 Å². The van der Waals surface area contributed by atoms with Gasteiger partial charge in [0.2, 0.25) is 5.82 Å². The molecule has 0 saturated heterocycles. The Hall–Kier alpha value is -1.66. The first-order valence-corrected chi connectivity index (χ1v) is 5.58. The summed E-state index contributed by atoms with van der Waals surface area (Å²) < 4.78 is 70.3. The minimum absolute atomic E-state index is 0.0111. The standard InChI is InChI=1S/C12H9F5O2/c1-2-19-12(18)5-3-4(5)6-7(13)9(15)11(17)10(16)8(6)14/h4-5H,2-3H2,1H3. The Morgan fingerprint density at radius 1 is 1.05 bits per heavy atom. The summed E-state index contributed by atoms with van der Waals surface area (Å²) in [7, 11) is 0. The molecule has 19 heavy (non-hydrogen) atoms. The third-order valence-corrected chi connectivity index (χ3v) is 2.99. The molecule has 1 aromatic rings. The molecule has 0 aromatic heterocycles. The predicted octanol–water partition coefficient (Wildman–Crippen LogP) is 3.05. The lowest BCUT2D eigenvalue weighted by Gasteiger charge is -2.07. The van der Waals surface area contributed by atoms with Crippen molar-refractivity contribution in [2.45, 2.75) is 19.3 Å². The van der Waals surface area contributed by atoms with Crippen LogP contribution in [0.4, 0.5) is 22.0 Å². The molecule has 0 amide bonds. The van der Waals surface area contributed by atoms with Crippen molar-refractivity contribution in [3.63, 3.8) is 0 Å². The number of hydrogen-bond acceptors (Lipinski definition) is 2. The lowest BCUT2D eigenvalue weighted by atomic mass is 10.1. The Bertz CT molecular complexity index is 514. The lowest BCUT2D eigenvalue weighted by Crippen LogP contribution is -2.10. The van der Waals surface area contributed by atoms with Gasteiger partial charge in [0.25, 0.3) is 0 Å². The third-order valence-electron chi connectivity index (χ3n) is 2.99. The largest absolute Gasteiger partial charge is 0.466 e. The SMILES string of the molecule is CCOC(=O)C1CC1c1c(F)c(F)c(F)c(F)c1F. The lowest BCUT2D eigenvalue weighted by molar-refractivity contribution is -0.144. The zero-order valence-electron chi connectivity index (χ0n) is 9.78. The van der Waals surface area contributed by atoms with E-state index in [1.54, 1.807) is 6.92 Å². The van der Waals surface area contributed by atoms with Crippen LogP contribution in [0, 0.1) is 35.0 Å². The molecule has 104 valence electrons. The average molecular weight is 280 g/mol. The van der Waals surface area contributed by atoms with Crippen molar-refractivity contribution >= 4 is 5.97 Å². The number of benzene rings is 1. The molecule has 1 fully saturated rings. The van der Waals surface area contributed by atoms with Gasteiger partial charge in [-0.2, -0.15) is 0 Å². The number of rotatable bonds is 3. The Kier molecular flexibility index (Phi) is 3.47. The molecule has 2 unspecified atom stereocenters. The summed E-state index contributed by atoms with van der Waals surface area (Å²) in [5.74, 6) is -12.5. The van der Waals surface area contributed by atoms with E-state index in [9.17, 15) is 26.7 Å². The van der Waals surface area contributed by atoms with E-state index >= 15 is 0 Å². The van der Waals surface area contributed by atoms with E-state index in [2.05, 4.69) is 4.74 Å². The summed E-state index contributed by atoms with van der Waals surface area (Å²) >= 11 is 0. The molecule has 2 rings (SSSR count). The maximum absolute atomic E-state index is 13.4. The van der Waals surface area contributed by atoms with Crippen molar-refractivity contribution in [3.05, 3.63) is 34.6 Å². The Morgan fingerprint density at radius 2 is 1.53 bits per heavy atom. The summed E-state index contributed by atoms with van der Waals surface area (Å²) in [4.78, 5) is 11.3. The highest BCUT2D eigenvalue weighted by atomic mass is 19.2. The van der Waals surface area contributed by atoms with Gasteiger partial charge in [-0.05, 0) is 13.3 Å². The van der Waals surface area contributed by atoms with Crippen LogP contribution in [0.2, 0.25) is 0 Å². The van der Waals surface area contributed by atoms with Gasteiger partial charge in [-0.1, -0.05) is 0 Å². The second-order valence-electron chi connectivity index (χ2n) is 4.18. The molecular weight excluding hydrogens is 271 g/mol. The van der Waals surface area contributed by atoms with Gasteiger partial charge in [0.15, 0.2) is 23.3 Å². The average Bonchev–Trinajstić information content (AvgIpc) is 3.15. The van der Waals surface area contributed by atoms with Crippen LogP contribution in [-0.4, -0.2) is 12.6 Å². The highest BCUT2D eigenvalue weighted by molar-refractivity contribution is 5.77. The van der Waals surface area contributed by atoms with Crippen LogP contribution in [0.1, 0.15) is 24.8 Å². The first-order chi connectivity index (χ1) is 8.90. The van der Waals surface area contributed by atoms with Gasteiger partial charge < -0.3 is 4.74 Å². The van der Waals surface area contributed by atoms with E-state index in [-0.39, 0.29) is 13.0 Å². The van der Waals surface area contributed by atoms with Gasteiger partial charge in [0.05, 0.1) is 12.5 Å². The van der Waals surface area contributed by atoms with Crippen molar-refractivity contribution in [3.8, 4) is 0 Å². The fourth-order valence-electron chi connectivity index (χ4n) is 1.97. The van der Waals surface area contributed by atoms with Gasteiger partial charge in [0.1, 0.15) is 0 Å². The van der Waals surface area contributed by atoms with Crippen molar-refractivity contribution in [2.75, 3.05) is 6.61 Å². The van der Waals surface area contributed by atoms with Gasteiger partial charge >= 0.3 is 5.97 Å². The fraction of sp³-hybridized carbons (Fsp3) is 0.417. The molecule has 1 aliphatic rings. The number of carbonyl (C=O) groups is 1. The van der Waals surface area contributed by atoms with E-state index in [0.29, 0.717) is 0 Å². The molecular formula is C12H9F5O2. The van der Waals surface area contributed by atoms with E-state index in [1.807, 2.05) is 0 Å². The Labute approximate surface area is 105 Å². The highest BCUT2D eigenvalue weighted by Gasteiger charge is 2.49. The second-order valence-corrected chi connectivity index (χ2v) is 4.18. The van der Waals surface area contributed by atoms with Crippen LogP contribution in [0.3, 0.4) is 0 Å². The van der Waals surface area contributed by atoms with Crippen LogP contribution < -0.4 is 0 Å². The first-order valence-electron chi connectivity index (χ1n) is 5.58. The maximum atomic E-state index is 13.4. The molecule has 0 heterocycles. The summed E-state index contributed by atoms with van der Waals surface area (Å²) in [5, 5.41) is 0. The molecule has 1 aliphatic carbocycles. The topological polar surface area (TPSA) is 26.3 Å². The van der Waals surface area contributed by atoms with Crippen LogP contribution in [0.15, 0.2) is 0 Å². The van der Waals surface area contributed by atoms with E-state index in [1.165, 1.54) is 0 Å². The van der Waals surface area contributed by atoms with Crippen molar-refractivity contribution in [2.24, 2.45) is 5.92 Å². The quantitative estimate of drug-likeness (QED) is 0.368. The number of esters is 1. The molecule has 2 atom stereocenters. The molecule has 7 heteroatoms. The number of ether oxygens (including phenoxy) is 1. The second kappa shape index (κ2) is 4.79. The molecule has 0 bridgehead atoms. The molecule has 0 N–H and O–H groups in total. The Morgan fingerprint density at radius 3 is 2.00 bits per heavy atom. The van der Waals surface area contributed by atoms with Crippen LogP contribution >= 0.6 is 0 Å². The molecule has 1 aromatic carbocycles. The Balaban J connectivity index is 2.36. The zero-order chi connectivity index (χ0) is 14.3. The molecule has 2 nitrogen and oxygen atoms in total. The third kappa shape index (κ3) is 2.17. The predicted molar refractivity (Wildman–Crippen MR) is 53.7 cm³/mol. The monoisotopic (exact) mass is 280 g/mol. The zero-order valence-corrected chi connectivity index (χ0v) is 9.78. The molecule has 0 spiro atoms. The van der Waals surface area contributed by atoms with Gasteiger partial charge in [-0.25, -0.2) is 22.0 Å². The normalized spacial score (nSPS) is 21.4. The minimum Gasteiger partial charge on any atom is -0.466 e. The minimum atomic E-state index is -2.20. The van der Waals surface area contributed by atoms with Crippen LogP contribution in [0.25, 0.3) is 0 Å². The summed E-state index contributed by atoms with van der Waals surface area (Å²) in [6, 6.07) is 0. The van der Waals surface area contributed by atoms with Crippen molar-refractivity contribution < 1.29 is 31.5 Å². The summed E-state index contributed by atoms with van der Waals surface area (Å²) in [6.45, 7) is 1.63. The van der Waals surface area contributed by atoms with Crippen molar-refractivity contribution in [1.82, 2.24) is 0 Å². The van der Waals surface area contributed by atoms with Gasteiger partial charge in [0, 0.05) is 11.5 Å². The first kappa shape index (κ1) is 13.8. The fourth-order valence-corrected chi connectivity index (χ4v) is 1.97. The highest BCUT2D eigenvalue weighted by Crippen LogP contribution is 2.50. The van der Waals surface area contributed by atoms with Gasteiger partial charge in [-0.3, -0.25) is 4.79 Å². The number of hydrogen-bond donors (Lipinski definition) is 0. The van der Waals surface area contributed by atoms with Crippen LogP contribution in [-0.2, 0) is 9.53 Å². The van der Waals surface area contributed by atoms with E-state index < -0.39 is 52.5 Å². The number of carbonyl (C=O) groups excluding carboxylic acids is 1. The smallest absolute Gasteiger partial charge is 0.309 e. The summed E-state index contributed by atoms with van der Waals surface area (Å²) in [5.41, 5.74) is -0.936. The number of halogens is 5. The van der Waals surface area contributed by atoms with E-state index in [4.69, 9.17) is 0 Å². The molecule has 1 saturated carbocycles. The molecule has 0 aliphatic heterocycles. The van der Waals surface area contributed by atoms with Crippen molar-refractivity contribution in [1.29, 1.82) is 0 Å². The van der Waals surface area contributed by atoms with Gasteiger partial charge in [-0.15, -0.1) is 0 Å². The summed E-state index contributed by atoms with van der Waals surface area (Å²) in [6.07, 6.45) is 0.0111. The maximum Gasteiger partial charge on any atom is 0.309 e. The molecule has 0 radical (unpaired) electrons.